The predicted octanol–water partition coefficient (Wildman–Crippen LogP) is 3.51. The first-order chi connectivity index (χ1) is 11.5. The van der Waals surface area contributed by atoms with Crippen LogP contribution < -0.4 is 11.5 Å². The van der Waals surface area contributed by atoms with Crippen LogP contribution in [0.15, 0.2) is 24.3 Å². The molecule has 0 aliphatic carbocycles. The maximum absolute atomic E-state index is 10.3. The molecule has 0 bridgehead atoms. The molecule has 0 heterocycles. The molecule has 1 aromatic rings. The van der Waals surface area contributed by atoms with Crippen LogP contribution in [-0.2, 0) is 4.79 Å². The Labute approximate surface area is 143 Å². The summed E-state index contributed by atoms with van der Waals surface area (Å²) in [7, 11) is 0. The van der Waals surface area contributed by atoms with Gasteiger partial charge in [0.15, 0.2) is 0 Å². The van der Waals surface area contributed by atoms with Crippen LogP contribution in [0, 0.1) is 0 Å². The Hall–Kier alpha value is -2.08. The minimum atomic E-state index is -0.988. The number of para-hydroxylation sites is 1. The number of aliphatic carboxylic acids is 1. The highest BCUT2D eigenvalue weighted by molar-refractivity contribution is 5.93. The normalized spacial score (nSPS) is 9.88. The molecule has 0 amide bonds. The number of unbranched alkanes of at least 4 members (excludes halogenated alkanes) is 7. The summed E-state index contributed by atoms with van der Waals surface area (Å²) in [6.07, 6.45) is 9.56. The maximum atomic E-state index is 10.3. The fraction of sp³-hybridized carbons (Fsp3) is 0.556. The molecular weight excluding hydrogens is 308 g/mol. The number of rotatable bonds is 11. The van der Waals surface area contributed by atoms with Crippen LogP contribution in [-0.4, -0.2) is 28.7 Å². The van der Waals surface area contributed by atoms with E-state index in [0.29, 0.717) is 12.1 Å². The predicted molar refractivity (Wildman–Crippen MR) is 96.1 cm³/mol. The number of aromatic carboxylic acids is 1. The van der Waals surface area contributed by atoms with Gasteiger partial charge in [-0.1, -0.05) is 50.7 Å². The second-order valence-corrected chi connectivity index (χ2v) is 5.65. The molecule has 0 aliphatic heterocycles. The molecule has 0 fully saturated rings. The molecule has 1 rings (SSSR count). The Bertz CT molecular complexity index is 478. The first-order valence-corrected chi connectivity index (χ1v) is 8.48. The van der Waals surface area contributed by atoms with Gasteiger partial charge in [0.25, 0.3) is 0 Å². The summed E-state index contributed by atoms with van der Waals surface area (Å²) in [4.78, 5) is 20.5. The SMILES string of the molecule is NCCCCCCCCCCC(=O)O.Nc1ccccc1C(=O)O. The number of carboxylic acid groups (broad SMARTS) is 2. The van der Waals surface area contributed by atoms with Gasteiger partial charge in [-0.05, 0) is 31.5 Å². The highest BCUT2D eigenvalue weighted by atomic mass is 16.4. The molecule has 0 radical (unpaired) electrons. The smallest absolute Gasteiger partial charge is 0.337 e. The summed E-state index contributed by atoms with van der Waals surface area (Å²) in [5.41, 5.74) is 11.2. The molecule has 136 valence electrons. The molecule has 24 heavy (non-hydrogen) atoms. The van der Waals surface area contributed by atoms with Crippen LogP contribution in [0.25, 0.3) is 0 Å². The number of nitrogen functional groups attached to an aromatic ring is 1. The van der Waals surface area contributed by atoms with E-state index in [2.05, 4.69) is 0 Å². The minimum absolute atomic E-state index is 0.155. The first-order valence-electron chi connectivity index (χ1n) is 8.48. The van der Waals surface area contributed by atoms with Crippen molar-refractivity contribution in [1.29, 1.82) is 0 Å². The molecule has 0 unspecified atom stereocenters. The molecule has 6 heteroatoms. The van der Waals surface area contributed by atoms with Gasteiger partial charge >= 0.3 is 11.9 Å². The van der Waals surface area contributed by atoms with Gasteiger partial charge in [0.2, 0.25) is 0 Å². The summed E-state index contributed by atoms with van der Waals surface area (Å²) in [5.74, 6) is -1.66. The number of nitrogens with two attached hydrogens (primary N) is 2. The zero-order valence-electron chi connectivity index (χ0n) is 14.2. The van der Waals surface area contributed by atoms with Gasteiger partial charge in [-0.25, -0.2) is 4.79 Å². The van der Waals surface area contributed by atoms with Gasteiger partial charge in [0.1, 0.15) is 0 Å². The highest BCUT2D eigenvalue weighted by Crippen LogP contribution is 2.09. The molecule has 6 N–H and O–H groups in total. The molecule has 0 spiro atoms. The molecule has 0 saturated heterocycles. The van der Waals surface area contributed by atoms with E-state index in [4.69, 9.17) is 21.7 Å². The van der Waals surface area contributed by atoms with E-state index >= 15 is 0 Å². The maximum Gasteiger partial charge on any atom is 0.337 e. The Balaban J connectivity index is 0.000000463. The Morgan fingerprint density at radius 3 is 1.75 bits per heavy atom. The summed E-state index contributed by atoms with van der Waals surface area (Å²) < 4.78 is 0. The number of hydrogen-bond donors (Lipinski definition) is 4. The summed E-state index contributed by atoms with van der Waals surface area (Å²) in [6, 6.07) is 6.36. The average Bonchev–Trinajstić information content (AvgIpc) is 2.54. The third kappa shape index (κ3) is 12.5. The van der Waals surface area contributed by atoms with Gasteiger partial charge < -0.3 is 21.7 Å². The van der Waals surface area contributed by atoms with Crippen molar-refractivity contribution in [3.05, 3.63) is 29.8 Å². The lowest BCUT2D eigenvalue weighted by Gasteiger charge is -2.00. The van der Waals surface area contributed by atoms with Crippen molar-refractivity contribution in [2.75, 3.05) is 12.3 Å². The third-order valence-corrected chi connectivity index (χ3v) is 3.54. The lowest BCUT2D eigenvalue weighted by atomic mass is 10.1. The van der Waals surface area contributed by atoms with Gasteiger partial charge in [-0.2, -0.15) is 0 Å². The summed E-state index contributed by atoms with van der Waals surface area (Å²) in [6.45, 7) is 0.804. The number of carboxylic acids is 2. The van der Waals surface area contributed by atoms with Crippen LogP contribution in [0.4, 0.5) is 5.69 Å². The Kier molecular flexibility index (Phi) is 13.3. The van der Waals surface area contributed by atoms with E-state index in [1.54, 1.807) is 18.2 Å². The largest absolute Gasteiger partial charge is 0.481 e. The van der Waals surface area contributed by atoms with Crippen LogP contribution in [0.2, 0.25) is 0 Å². The van der Waals surface area contributed by atoms with E-state index in [0.717, 1.165) is 25.8 Å². The molecule has 6 nitrogen and oxygen atoms in total. The van der Waals surface area contributed by atoms with Crippen molar-refractivity contribution < 1.29 is 19.8 Å². The van der Waals surface area contributed by atoms with Crippen molar-refractivity contribution >= 4 is 17.6 Å². The standard InChI is InChI=1S/C11H23NO2.C7H7NO2/c12-10-8-6-4-2-1-3-5-7-9-11(13)14;8-6-4-2-1-3-5(6)7(9)10/h1-10,12H2,(H,13,14);1-4H,8H2,(H,9,10). The van der Waals surface area contributed by atoms with Gasteiger partial charge in [0, 0.05) is 12.1 Å². The number of carbonyl (C=O) groups is 2. The quantitative estimate of drug-likeness (QED) is 0.361. The molecule has 0 aliphatic rings. The van der Waals surface area contributed by atoms with Crippen molar-refractivity contribution in [2.45, 2.75) is 57.8 Å². The number of benzene rings is 1. The van der Waals surface area contributed by atoms with E-state index in [9.17, 15) is 9.59 Å². The van der Waals surface area contributed by atoms with Crippen molar-refractivity contribution in [2.24, 2.45) is 5.73 Å². The van der Waals surface area contributed by atoms with Crippen molar-refractivity contribution in [3.8, 4) is 0 Å². The van der Waals surface area contributed by atoms with E-state index < -0.39 is 11.9 Å². The molecular formula is C18H30N2O4. The highest BCUT2D eigenvalue weighted by Gasteiger charge is 2.03. The second-order valence-electron chi connectivity index (χ2n) is 5.65. The lowest BCUT2D eigenvalue weighted by Crippen LogP contribution is -2.00. The van der Waals surface area contributed by atoms with E-state index in [-0.39, 0.29) is 5.56 Å². The average molecular weight is 338 g/mol. The van der Waals surface area contributed by atoms with Gasteiger partial charge in [0.05, 0.1) is 5.56 Å². The third-order valence-electron chi connectivity index (χ3n) is 3.54. The number of hydrogen-bond acceptors (Lipinski definition) is 4. The topological polar surface area (TPSA) is 127 Å². The molecule has 0 atom stereocenters. The first kappa shape index (κ1) is 21.9. The fourth-order valence-electron chi connectivity index (χ4n) is 2.17. The fourth-order valence-corrected chi connectivity index (χ4v) is 2.17. The van der Waals surface area contributed by atoms with Crippen molar-refractivity contribution in [3.63, 3.8) is 0 Å². The zero-order valence-corrected chi connectivity index (χ0v) is 14.2. The van der Waals surface area contributed by atoms with Gasteiger partial charge in [-0.15, -0.1) is 0 Å². The Morgan fingerprint density at radius 2 is 1.33 bits per heavy atom. The minimum Gasteiger partial charge on any atom is -0.481 e. The van der Waals surface area contributed by atoms with Crippen molar-refractivity contribution in [1.82, 2.24) is 0 Å². The zero-order chi connectivity index (χ0) is 18.2. The van der Waals surface area contributed by atoms with E-state index in [1.807, 2.05) is 0 Å². The summed E-state index contributed by atoms with van der Waals surface area (Å²) in [5, 5.41) is 16.9. The second kappa shape index (κ2) is 14.5. The molecule has 1 aromatic carbocycles. The van der Waals surface area contributed by atoms with Crippen LogP contribution in [0.5, 0.6) is 0 Å². The van der Waals surface area contributed by atoms with Crippen LogP contribution >= 0.6 is 0 Å². The van der Waals surface area contributed by atoms with Crippen LogP contribution in [0.1, 0.15) is 68.1 Å². The molecule has 0 aromatic heterocycles. The summed E-state index contributed by atoms with van der Waals surface area (Å²) >= 11 is 0. The van der Waals surface area contributed by atoms with Crippen LogP contribution in [0.3, 0.4) is 0 Å². The van der Waals surface area contributed by atoms with E-state index in [1.165, 1.54) is 38.2 Å². The number of anilines is 1. The monoisotopic (exact) mass is 338 g/mol. The Morgan fingerprint density at radius 1 is 0.833 bits per heavy atom. The lowest BCUT2D eigenvalue weighted by molar-refractivity contribution is -0.137. The van der Waals surface area contributed by atoms with Gasteiger partial charge in [-0.3, -0.25) is 4.79 Å². The molecule has 0 saturated carbocycles.